The fourth-order valence-corrected chi connectivity index (χ4v) is 1.27. The van der Waals surface area contributed by atoms with E-state index in [-0.39, 0.29) is 5.92 Å². The summed E-state index contributed by atoms with van der Waals surface area (Å²) in [5, 5.41) is 13.2. The van der Waals surface area contributed by atoms with Gasteiger partial charge >= 0.3 is 0 Å². The van der Waals surface area contributed by atoms with Crippen LogP contribution < -0.4 is 5.32 Å². The lowest BCUT2D eigenvalue weighted by Gasteiger charge is -2.28. The highest BCUT2D eigenvalue weighted by molar-refractivity contribution is 6.30. The second-order valence-electron chi connectivity index (χ2n) is 4.49. The fourth-order valence-electron chi connectivity index (χ4n) is 1.11. The molecule has 1 atom stereocenters. The van der Waals surface area contributed by atoms with Gasteiger partial charge in [0.15, 0.2) is 0 Å². The van der Waals surface area contributed by atoms with Crippen LogP contribution in [0, 0.1) is 11.7 Å². The van der Waals surface area contributed by atoms with Crippen molar-refractivity contribution in [2.45, 2.75) is 26.4 Å². The number of anilines is 1. The number of aliphatic hydroxyl groups is 1. The molecule has 4 heteroatoms. The summed E-state index contributed by atoms with van der Waals surface area (Å²) in [5.41, 5.74) is -0.517. The minimum absolute atomic E-state index is 0.0929. The summed E-state index contributed by atoms with van der Waals surface area (Å²) < 4.78 is 13.4. The summed E-state index contributed by atoms with van der Waals surface area (Å²) in [5.74, 6) is -0.317. The predicted octanol–water partition coefficient (Wildman–Crippen LogP) is 3.30. The normalized spacial score (nSPS) is 14.9. The van der Waals surface area contributed by atoms with Crippen molar-refractivity contribution in [3.8, 4) is 0 Å². The largest absolute Gasteiger partial charge is 0.388 e. The van der Waals surface area contributed by atoms with E-state index in [1.54, 1.807) is 19.1 Å². The van der Waals surface area contributed by atoms with Crippen molar-refractivity contribution >= 4 is 17.3 Å². The zero-order valence-corrected chi connectivity index (χ0v) is 10.5. The van der Waals surface area contributed by atoms with E-state index in [1.165, 1.54) is 6.07 Å². The van der Waals surface area contributed by atoms with Gasteiger partial charge in [-0.1, -0.05) is 25.4 Å². The van der Waals surface area contributed by atoms with Gasteiger partial charge < -0.3 is 10.4 Å². The van der Waals surface area contributed by atoms with Crippen LogP contribution in [0.2, 0.25) is 5.02 Å². The molecule has 1 unspecified atom stereocenters. The van der Waals surface area contributed by atoms with Gasteiger partial charge in [0.05, 0.1) is 11.3 Å². The zero-order valence-electron chi connectivity index (χ0n) is 9.72. The van der Waals surface area contributed by atoms with Crippen LogP contribution in [0.5, 0.6) is 0 Å². The molecule has 0 fully saturated rings. The first-order valence-corrected chi connectivity index (χ1v) is 5.62. The lowest BCUT2D eigenvalue weighted by atomic mass is 9.92. The van der Waals surface area contributed by atoms with Crippen LogP contribution >= 0.6 is 11.6 Å². The molecule has 90 valence electrons. The second-order valence-corrected chi connectivity index (χ2v) is 4.93. The number of nitrogens with one attached hydrogen (secondary N) is 1. The summed E-state index contributed by atoms with van der Waals surface area (Å²) >= 11 is 5.64. The van der Waals surface area contributed by atoms with Crippen molar-refractivity contribution in [3.05, 3.63) is 29.0 Å². The van der Waals surface area contributed by atoms with E-state index in [2.05, 4.69) is 5.32 Å². The number of rotatable bonds is 4. The van der Waals surface area contributed by atoms with Crippen LogP contribution in [0.3, 0.4) is 0 Å². The fraction of sp³-hybridized carbons (Fsp3) is 0.500. The molecular formula is C12H17ClFNO. The Morgan fingerprint density at radius 2 is 2.12 bits per heavy atom. The Labute approximate surface area is 100 Å². The molecule has 2 N–H and O–H groups in total. The van der Waals surface area contributed by atoms with E-state index < -0.39 is 11.4 Å². The van der Waals surface area contributed by atoms with Crippen molar-refractivity contribution in [2.75, 3.05) is 11.9 Å². The Balaban J connectivity index is 2.68. The molecular weight excluding hydrogens is 229 g/mol. The average Bonchev–Trinajstić information content (AvgIpc) is 2.16. The molecule has 0 spiro atoms. The maximum atomic E-state index is 13.4. The highest BCUT2D eigenvalue weighted by atomic mass is 35.5. The van der Waals surface area contributed by atoms with Crippen LogP contribution in [-0.4, -0.2) is 17.3 Å². The Hall–Kier alpha value is -0.800. The summed E-state index contributed by atoms with van der Waals surface area (Å²) in [6.07, 6.45) is 0. The van der Waals surface area contributed by atoms with Crippen molar-refractivity contribution in [2.24, 2.45) is 5.92 Å². The lowest BCUT2D eigenvalue weighted by molar-refractivity contribution is 0.0266. The van der Waals surface area contributed by atoms with E-state index in [0.717, 1.165) is 0 Å². The quantitative estimate of drug-likeness (QED) is 0.853. The van der Waals surface area contributed by atoms with Gasteiger partial charge in [-0.3, -0.25) is 0 Å². The Bertz CT molecular complexity index is 366. The SMILES string of the molecule is CC(C)C(C)(O)CNc1ccc(Cl)cc1F. The van der Waals surface area contributed by atoms with Crippen LogP contribution in [0.25, 0.3) is 0 Å². The predicted molar refractivity (Wildman–Crippen MR) is 65.4 cm³/mol. The summed E-state index contributed by atoms with van der Waals surface area (Å²) in [4.78, 5) is 0. The molecule has 0 amide bonds. The monoisotopic (exact) mass is 245 g/mol. The molecule has 2 nitrogen and oxygen atoms in total. The molecule has 0 aromatic heterocycles. The van der Waals surface area contributed by atoms with Gasteiger partial charge in [0.1, 0.15) is 5.82 Å². The van der Waals surface area contributed by atoms with Gasteiger partial charge in [-0.25, -0.2) is 4.39 Å². The van der Waals surface area contributed by atoms with Crippen LogP contribution in [0.1, 0.15) is 20.8 Å². The van der Waals surface area contributed by atoms with Crippen molar-refractivity contribution in [1.82, 2.24) is 0 Å². The molecule has 0 heterocycles. The molecule has 0 saturated heterocycles. The van der Waals surface area contributed by atoms with Gasteiger partial charge in [0, 0.05) is 11.6 Å². The van der Waals surface area contributed by atoms with Gasteiger partial charge in [-0.05, 0) is 31.0 Å². The topological polar surface area (TPSA) is 32.3 Å². The molecule has 0 aliphatic carbocycles. The van der Waals surface area contributed by atoms with Crippen LogP contribution in [0.4, 0.5) is 10.1 Å². The summed E-state index contributed by atoms with van der Waals surface area (Å²) in [6.45, 7) is 5.85. The van der Waals surface area contributed by atoms with Gasteiger partial charge in [0.25, 0.3) is 0 Å². The van der Waals surface area contributed by atoms with E-state index >= 15 is 0 Å². The molecule has 1 aromatic rings. The van der Waals surface area contributed by atoms with Gasteiger partial charge in [0.2, 0.25) is 0 Å². The maximum absolute atomic E-state index is 13.4. The van der Waals surface area contributed by atoms with Gasteiger partial charge in [-0.2, -0.15) is 0 Å². The molecule has 0 saturated carbocycles. The molecule has 0 bridgehead atoms. The lowest BCUT2D eigenvalue weighted by Crippen LogP contribution is -2.38. The molecule has 16 heavy (non-hydrogen) atoms. The van der Waals surface area contributed by atoms with E-state index in [9.17, 15) is 9.50 Å². The smallest absolute Gasteiger partial charge is 0.147 e. The first-order chi connectivity index (χ1) is 7.33. The van der Waals surface area contributed by atoms with Crippen LogP contribution in [0.15, 0.2) is 18.2 Å². The Morgan fingerprint density at radius 3 is 2.62 bits per heavy atom. The Morgan fingerprint density at radius 1 is 1.50 bits per heavy atom. The van der Waals surface area contributed by atoms with E-state index in [4.69, 9.17) is 11.6 Å². The molecule has 0 aliphatic heterocycles. The minimum Gasteiger partial charge on any atom is -0.388 e. The standard InChI is InChI=1S/C12H17ClFNO/c1-8(2)12(3,16)7-15-11-5-4-9(13)6-10(11)14/h4-6,8,15-16H,7H2,1-3H3. The average molecular weight is 246 g/mol. The highest BCUT2D eigenvalue weighted by Gasteiger charge is 2.24. The Kier molecular flexibility index (Phi) is 4.16. The van der Waals surface area contributed by atoms with Crippen molar-refractivity contribution in [3.63, 3.8) is 0 Å². The molecule has 1 aromatic carbocycles. The van der Waals surface area contributed by atoms with E-state index in [0.29, 0.717) is 17.3 Å². The van der Waals surface area contributed by atoms with E-state index in [1.807, 2.05) is 13.8 Å². The molecule has 1 rings (SSSR count). The van der Waals surface area contributed by atoms with Crippen molar-refractivity contribution in [1.29, 1.82) is 0 Å². The first kappa shape index (κ1) is 13.3. The second kappa shape index (κ2) is 5.02. The third kappa shape index (κ3) is 3.35. The maximum Gasteiger partial charge on any atom is 0.147 e. The third-order valence-corrected chi connectivity index (χ3v) is 3.05. The first-order valence-electron chi connectivity index (χ1n) is 5.24. The number of hydrogen-bond donors (Lipinski definition) is 2. The van der Waals surface area contributed by atoms with Crippen LogP contribution in [-0.2, 0) is 0 Å². The number of hydrogen-bond acceptors (Lipinski definition) is 2. The zero-order chi connectivity index (χ0) is 12.3. The number of halogens is 2. The number of benzene rings is 1. The summed E-state index contributed by atoms with van der Waals surface area (Å²) in [7, 11) is 0. The minimum atomic E-state index is -0.869. The third-order valence-electron chi connectivity index (χ3n) is 2.81. The molecule has 0 radical (unpaired) electrons. The molecule has 0 aliphatic rings. The highest BCUT2D eigenvalue weighted by Crippen LogP contribution is 2.21. The van der Waals surface area contributed by atoms with Gasteiger partial charge in [-0.15, -0.1) is 0 Å². The van der Waals surface area contributed by atoms with Crippen molar-refractivity contribution < 1.29 is 9.50 Å². The summed E-state index contributed by atoms with van der Waals surface area (Å²) in [6, 6.07) is 4.42.